The SMILES string of the molecule is C=CCN(CC=C)C(=O)c1ccccc1C(=O)Nc1ncc(-c2cccc(OC)c2)n1C. The summed E-state index contributed by atoms with van der Waals surface area (Å²) < 4.78 is 7.06. The van der Waals surface area contributed by atoms with Crippen molar-refractivity contribution in [3.8, 4) is 17.0 Å². The number of carbonyl (C=O) groups is 2. The van der Waals surface area contributed by atoms with Gasteiger partial charge in [-0.2, -0.15) is 0 Å². The molecule has 1 aromatic heterocycles. The lowest BCUT2D eigenvalue weighted by molar-refractivity contribution is 0.0785. The zero-order chi connectivity index (χ0) is 23.1. The largest absolute Gasteiger partial charge is 0.497 e. The van der Waals surface area contributed by atoms with Crippen molar-refractivity contribution in [2.45, 2.75) is 0 Å². The molecule has 0 saturated carbocycles. The molecule has 0 spiro atoms. The van der Waals surface area contributed by atoms with Crippen LogP contribution in [0, 0.1) is 0 Å². The van der Waals surface area contributed by atoms with Crippen LogP contribution in [0.25, 0.3) is 11.3 Å². The molecular weight excluding hydrogens is 404 g/mol. The first-order chi connectivity index (χ1) is 15.5. The highest BCUT2D eigenvalue weighted by molar-refractivity contribution is 6.11. The van der Waals surface area contributed by atoms with Crippen LogP contribution in [0.3, 0.4) is 0 Å². The molecule has 7 heteroatoms. The zero-order valence-electron chi connectivity index (χ0n) is 18.2. The van der Waals surface area contributed by atoms with E-state index in [4.69, 9.17) is 4.74 Å². The van der Waals surface area contributed by atoms with Gasteiger partial charge in [0.1, 0.15) is 5.75 Å². The van der Waals surface area contributed by atoms with Crippen LogP contribution in [-0.2, 0) is 7.05 Å². The highest BCUT2D eigenvalue weighted by atomic mass is 16.5. The van der Waals surface area contributed by atoms with Gasteiger partial charge in [-0.15, -0.1) is 13.2 Å². The molecular formula is C25H26N4O3. The van der Waals surface area contributed by atoms with Gasteiger partial charge >= 0.3 is 0 Å². The number of carbonyl (C=O) groups excluding carboxylic acids is 2. The standard InChI is InChI=1S/C25H26N4O3/c1-5-14-29(15-6-2)24(31)21-13-8-7-12-20(21)23(30)27-25-26-17-22(28(25)3)18-10-9-11-19(16-18)32-4/h5-13,16-17H,1-2,14-15H2,3-4H3,(H,26,27,30). The van der Waals surface area contributed by atoms with Crippen molar-refractivity contribution in [3.05, 3.63) is 91.2 Å². The number of methoxy groups -OCH3 is 1. The summed E-state index contributed by atoms with van der Waals surface area (Å²) in [5, 5.41) is 2.81. The quantitative estimate of drug-likeness (QED) is 0.517. The van der Waals surface area contributed by atoms with E-state index in [1.807, 2.05) is 31.3 Å². The van der Waals surface area contributed by atoms with Crippen molar-refractivity contribution < 1.29 is 14.3 Å². The van der Waals surface area contributed by atoms with Crippen molar-refractivity contribution in [2.24, 2.45) is 7.05 Å². The Bertz CT molecular complexity index is 1140. The average molecular weight is 431 g/mol. The summed E-state index contributed by atoms with van der Waals surface area (Å²) >= 11 is 0. The summed E-state index contributed by atoms with van der Waals surface area (Å²) in [5.74, 6) is 0.402. The third kappa shape index (κ3) is 4.78. The van der Waals surface area contributed by atoms with Crippen LogP contribution in [0.4, 0.5) is 5.95 Å². The summed E-state index contributed by atoms with van der Waals surface area (Å²) in [5.41, 5.74) is 2.28. The number of imidazole rings is 1. The van der Waals surface area contributed by atoms with Gasteiger partial charge in [-0.3, -0.25) is 14.9 Å². The number of ether oxygens (including phenoxy) is 1. The first-order valence-electron chi connectivity index (χ1n) is 10.1. The topological polar surface area (TPSA) is 76.5 Å². The first kappa shape index (κ1) is 22.6. The zero-order valence-corrected chi connectivity index (χ0v) is 18.2. The lowest BCUT2D eigenvalue weighted by atomic mass is 10.1. The van der Waals surface area contributed by atoms with Crippen molar-refractivity contribution in [1.29, 1.82) is 0 Å². The van der Waals surface area contributed by atoms with Gasteiger partial charge < -0.3 is 14.2 Å². The number of nitrogens with one attached hydrogen (secondary N) is 1. The number of benzene rings is 2. The Kier molecular flexibility index (Phi) is 7.23. The predicted octanol–water partition coefficient (Wildman–Crippen LogP) is 4.16. The molecule has 1 heterocycles. The van der Waals surface area contributed by atoms with Gasteiger partial charge in [-0.1, -0.05) is 36.4 Å². The molecule has 0 aliphatic rings. The predicted molar refractivity (Wildman–Crippen MR) is 126 cm³/mol. The fraction of sp³-hybridized carbons (Fsp3) is 0.160. The van der Waals surface area contributed by atoms with E-state index in [0.717, 1.165) is 17.0 Å². The molecule has 0 aliphatic carbocycles. The molecule has 3 aromatic rings. The number of nitrogens with zero attached hydrogens (tertiary/aromatic N) is 3. The molecule has 0 unspecified atom stereocenters. The van der Waals surface area contributed by atoms with E-state index in [2.05, 4.69) is 23.5 Å². The van der Waals surface area contributed by atoms with E-state index in [0.29, 0.717) is 24.6 Å². The number of hydrogen-bond donors (Lipinski definition) is 1. The molecule has 1 N–H and O–H groups in total. The smallest absolute Gasteiger partial charge is 0.258 e. The molecule has 0 saturated heterocycles. The molecule has 3 rings (SSSR count). The van der Waals surface area contributed by atoms with Crippen molar-refractivity contribution in [2.75, 3.05) is 25.5 Å². The Labute approximate surface area is 187 Å². The second-order valence-electron chi connectivity index (χ2n) is 7.05. The van der Waals surface area contributed by atoms with Crippen molar-refractivity contribution in [1.82, 2.24) is 14.5 Å². The minimum absolute atomic E-state index is 0.265. The number of hydrogen-bond acceptors (Lipinski definition) is 4. The van der Waals surface area contributed by atoms with E-state index in [9.17, 15) is 9.59 Å². The first-order valence-corrected chi connectivity index (χ1v) is 10.1. The molecule has 32 heavy (non-hydrogen) atoms. The molecule has 164 valence electrons. The fourth-order valence-corrected chi connectivity index (χ4v) is 3.34. The lowest BCUT2D eigenvalue weighted by Crippen LogP contribution is -2.33. The number of amides is 2. The van der Waals surface area contributed by atoms with E-state index in [-0.39, 0.29) is 11.5 Å². The maximum Gasteiger partial charge on any atom is 0.258 e. The number of anilines is 1. The third-order valence-electron chi connectivity index (χ3n) is 4.97. The lowest BCUT2D eigenvalue weighted by Gasteiger charge is -2.20. The van der Waals surface area contributed by atoms with Crippen molar-refractivity contribution >= 4 is 17.8 Å². The van der Waals surface area contributed by atoms with Gasteiger partial charge in [-0.05, 0) is 24.3 Å². The van der Waals surface area contributed by atoms with Crippen LogP contribution < -0.4 is 10.1 Å². The number of aromatic nitrogens is 2. The van der Waals surface area contributed by atoms with E-state index < -0.39 is 5.91 Å². The van der Waals surface area contributed by atoms with Crippen LogP contribution in [0.5, 0.6) is 5.75 Å². The van der Waals surface area contributed by atoms with E-state index in [1.54, 1.807) is 59.2 Å². The van der Waals surface area contributed by atoms with Crippen LogP contribution in [0.1, 0.15) is 20.7 Å². The third-order valence-corrected chi connectivity index (χ3v) is 4.97. The van der Waals surface area contributed by atoms with Gasteiger partial charge in [0, 0.05) is 25.7 Å². The minimum atomic E-state index is -0.419. The summed E-state index contributed by atoms with van der Waals surface area (Å²) in [4.78, 5) is 32.0. The molecule has 0 bridgehead atoms. The van der Waals surface area contributed by atoms with E-state index in [1.165, 1.54) is 0 Å². The Morgan fingerprint density at radius 2 is 1.78 bits per heavy atom. The summed E-state index contributed by atoms with van der Waals surface area (Å²) in [7, 11) is 3.42. The molecule has 2 aromatic carbocycles. The normalized spacial score (nSPS) is 10.3. The van der Waals surface area contributed by atoms with Crippen LogP contribution >= 0.6 is 0 Å². The maximum atomic E-state index is 13.1. The highest BCUT2D eigenvalue weighted by Crippen LogP contribution is 2.26. The van der Waals surface area contributed by atoms with Crippen LogP contribution in [0.2, 0.25) is 0 Å². The molecule has 2 amide bonds. The van der Waals surface area contributed by atoms with E-state index >= 15 is 0 Å². The molecule has 0 atom stereocenters. The summed E-state index contributed by atoms with van der Waals surface area (Å²) in [6, 6.07) is 14.3. The van der Waals surface area contributed by atoms with Gasteiger partial charge in [0.25, 0.3) is 11.8 Å². The second-order valence-corrected chi connectivity index (χ2v) is 7.05. The van der Waals surface area contributed by atoms with Gasteiger partial charge in [-0.25, -0.2) is 4.98 Å². The summed E-state index contributed by atoms with van der Waals surface area (Å²) in [6.45, 7) is 8.09. The maximum absolute atomic E-state index is 13.1. The molecule has 7 nitrogen and oxygen atoms in total. The molecule has 0 radical (unpaired) electrons. The Hall–Kier alpha value is -4.13. The van der Waals surface area contributed by atoms with Gasteiger partial charge in [0.05, 0.1) is 30.1 Å². The fourth-order valence-electron chi connectivity index (χ4n) is 3.34. The highest BCUT2D eigenvalue weighted by Gasteiger charge is 2.22. The van der Waals surface area contributed by atoms with Gasteiger partial charge in [0.2, 0.25) is 5.95 Å². The Balaban J connectivity index is 1.87. The van der Waals surface area contributed by atoms with Crippen LogP contribution in [0.15, 0.2) is 80.0 Å². The Morgan fingerprint density at radius 3 is 2.44 bits per heavy atom. The minimum Gasteiger partial charge on any atom is -0.497 e. The molecule has 0 aliphatic heterocycles. The monoisotopic (exact) mass is 430 g/mol. The summed E-state index contributed by atoms with van der Waals surface area (Å²) in [6.07, 6.45) is 4.95. The van der Waals surface area contributed by atoms with Gasteiger partial charge in [0.15, 0.2) is 0 Å². The van der Waals surface area contributed by atoms with Crippen LogP contribution in [-0.4, -0.2) is 46.5 Å². The molecule has 0 fully saturated rings. The Morgan fingerprint density at radius 1 is 1.09 bits per heavy atom. The number of rotatable bonds is 9. The average Bonchev–Trinajstić information content (AvgIpc) is 3.18. The van der Waals surface area contributed by atoms with Crippen molar-refractivity contribution in [3.63, 3.8) is 0 Å². The second kappa shape index (κ2) is 10.3.